The third kappa shape index (κ3) is 3.52. The maximum absolute atomic E-state index is 5.86. The van der Waals surface area contributed by atoms with Gasteiger partial charge in [-0.05, 0) is 48.6 Å². The molecule has 3 heteroatoms. The van der Waals surface area contributed by atoms with Crippen molar-refractivity contribution in [2.75, 3.05) is 18.6 Å². The lowest BCUT2D eigenvalue weighted by Crippen LogP contribution is -2.22. The van der Waals surface area contributed by atoms with Gasteiger partial charge >= 0.3 is 0 Å². The Labute approximate surface area is 183 Å². The molecule has 0 atom stereocenters. The minimum atomic E-state index is 0.957. The number of para-hydroxylation sites is 1. The molecule has 1 heterocycles. The molecule has 0 aromatic heterocycles. The first-order chi connectivity index (χ1) is 14.8. The molecule has 1 aliphatic carbocycles. The first-order valence-corrected chi connectivity index (χ1v) is 11.6. The molecule has 0 N–H and O–H groups in total. The van der Waals surface area contributed by atoms with Crippen LogP contribution in [-0.4, -0.2) is 13.7 Å². The highest BCUT2D eigenvalue weighted by Crippen LogP contribution is 2.50. The number of methoxy groups -OCH3 is 1. The molecular formula is C27H27NOS. The molecule has 2 aliphatic rings. The van der Waals surface area contributed by atoms with Gasteiger partial charge in [0.15, 0.2) is 0 Å². The number of nitrogens with zero attached hydrogens (tertiary/aromatic N) is 1. The second kappa shape index (κ2) is 8.23. The van der Waals surface area contributed by atoms with Crippen LogP contribution in [0.15, 0.2) is 76.0 Å². The first kappa shape index (κ1) is 19.3. The van der Waals surface area contributed by atoms with Gasteiger partial charge in [0.25, 0.3) is 0 Å². The zero-order valence-corrected chi connectivity index (χ0v) is 18.5. The zero-order valence-electron chi connectivity index (χ0n) is 17.7. The minimum absolute atomic E-state index is 0.957. The van der Waals surface area contributed by atoms with Crippen molar-refractivity contribution in [3.05, 3.63) is 82.9 Å². The molecule has 3 aromatic carbocycles. The van der Waals surface area contributed by atoms with E-state index >= 15 is 0 Å². The van der Waals surface area contributed by atoms with Gasteiger partial charge in [-0.3, -0.25) is 0 Å². The summed E-state index contributed by atoms with van der Waals surface area (Å²) in [7, 11) is 1.79. The van der Waals surface area contributed by atoms with Crippen LogP contribution in [0, 0.1) is 0 Å². The summed E-state index contributed by atoms with van der Waals surface area (Å²) >= 11 is 1.87. The monoisotopic (exact) mass is 413 g/mol. The van der Waals surface area contributed by atoms with E-state index in [2.05, 4.69) is 78.6 Å². The van der Waals surface area contributed by atoms with E-state index in [9.17, 15) is 0 Å². The molecule has 0 spiro atoms. The molecule has 0 radical (unpaired) electrons. The van der Waals surface area contributed by atoms with Gasteiger partial charge in [0, 0.05) is 28.0 Å². The highest BCUT2D eigenvalue weighted by molar-refractivity contribution is 7.99. The molecule has 0 unspecified atom stereocenters. The van der Waals surface area contributed by atoms with Gasteiger partial charge in [-0.15, -0.1) is 0 Å². The van der Waals surface area contributed by atoms with Crippen molar-refractivity contribution >= 4 is 29.2 Å². The largest absolute Gasteiger partial charge is 0.496 e. The van der Waals surface area contributed by atoms with Crippen molar-refractivity contribution in [3.8, 4) is 5.75 Å². The molecule has 0 saturated heterocycles. The molecule has 1 aliphatic heterocycles. The van der Waals surface area contributed by atoms with E-state index in [1.165, 1.54) is 56.3 Å². The van der Waals surface area contributed by atoms with Crippen LogP contribution in [0.4, 0.5) is 11.4 Å². The molecule has 2 nitrogen and oxygen atoms in total. The van der Waals surface area contributed by atoms with Gasteiger partial charge < -0.3 is 9.64 Å². The third-order valence-corrected chi connectivity index (χ3v) is 7.14. The van der Waals surface area contributed by atoms with Gasteiger partial charge in [0.05, 0.1) is 18.5 Å². The number of unbranched alkanes of at least 4 members (excludes halogenated alkanes) is 1. The van der Waals surface area contributed by atoms with E-state index in [1.807, 2.05) is 11.8 Å². The molecule has 152 valence electrons. The van der Waals surface area contributed by atoms with Crippen LogP contribution in [0.5, 0.6) is 5.75 Å². The summed E-state index contributed by atoms with van der Waals surface area (Å²) in [6.45, 7) is 3.28. The van der Waals surface area contributed by atoms with Crippen LogP contribution < -0.4 is 9.64 Å². The summed E-state index contributed by atoms with van der Waals surface area (Å²) in [5.41, 5.74) is 8.12. The van der Waals surface area contributed by atoms with Crippen molar-refractivity contribution in [2.24, 2.45) is 0 Å². The van der Waals surface area contributed by atoms with Gasteiger partial charge in [-0.1, -0.05) is 73.2 Å². The fraction of sp³-hybridized carbons (Fsp3) is 0.259. The Hall–Kier alpha value is -2.65. The lowest BCUT2D eigenvalue weighted by atomic mass is 10.1. The number of hydrogen-bond donors (Lipinski definition) is 0. The number of anilines is 2. The number of rotatable bonds is 5. The summed E-state index contributed by atoms with van der Waals surface area (Å²) in [6, 6.07) is 22.1. The number of benzene rings is 3. The molecule has 0 amide bonds. The van der Waals surface area contributed by atoms with E-state index in [-0.39, 0.29) is 0 Å². The highest BCUT2D eigenvalue weighted by Gasteiger charge is 2.25. The maximum Gasteiger partial charge on any atom is 0.128 e. The molecular weight excluding hydrogens is 386 g/mol. The Bertz CT molecular complexity index is 1090. The smallest absolute Gasteiger partial charge is 0.128 e. The maximum atomic E-state index is 5.86. The van der Waals surface area contributed by atoms with Crippen molar-refractivity contribution < 1.29 is 4.74 Å². The summed E-state index contributed by atoms with van der Waals surface area (Å²) in [6.07, 6.45) is 6.77. The highest BCUT2D eigenvalue weighted by atomic mass is 32.2. The molecule has 3 aromatic rings. The number of allylic oxidation sites excluding steroid dienone is 1. The molecule has 0 bridgehead atoms. The standard InChI is InChI=1S/C27H27NOS/c1-3-4-13-28-23-11-7-8-12-26(23)30-27-17-22(25(29-2)18-24(27)28)16-19-14-20-9-5-6-10-21(20)15-19/h5-12,16-18H,3-4,13-15H2,1-2H3. The molecule has 0 saturated carbocycles. The Morgan fingerprint density at radius 3 is 2.40 bits per heavy atom. The normalized spacial score (nSPS) is 14.2. The Morgan fingerprint density at radius 2 is 1.67 bits per heavy atom. The number of hydrogen-bond acceptors (Lipinski definition) is 3. The third-order valence-electron chi connectivity index (χ3n) is 6.03. The Kier molecular flexibility index (Phi) is 5.30. The fourth-order valence-electron chi connectivity index (χ4n) is 4.50. The number of fused-ring (bicyclic) bond motifs is 3. The van der Waals surface area contributed by atoms with Crippen LogP contribution in [0.2, 0.25) is 0 Å². The van der Waals surface area contributed by atoms with Gasteiger partial charge in [0.2, 0.25) is 0 Å². The Balaban J connectivity index is 1.54. The molecule has 0 fully saturated rings. The lowest BCUT2D eigenvalue weighted by molar-refractivity contribution is 0.413. The average Bonchev–Trinajstić information content (AvgIpc) is 3.18. The quantitative estimate of drug-likeness (QED) is 0.436. The van der Waals surface area contributed by atoms with Gasteiger partial charge in [-0.25, -0.2) is 0 Å². The van der Waals surface area contributed by atoms with Gasteiger partial charge in [-0.2, -0.15) is 0 Å². The topological polar surface area (TPSA) is 12.5 Å². The van der Waals surface area contributed by atoms with E-state index in [4.69, 9.17) is 4.74 Å². The van der Waals surface area contributed by atoms with E-state index < -0.39 is 0 Å². The van der Waals surface area contributed by atoms with Crippen LogP contribution in [0.1, 0.15) is 36.5 Å². The summed E-state index contributed by atoms with van der Waals surface area (Å²) in [5.74, 6) is 0.957. The van der Waals surface area contributed by atoms with E-state index in [0.717, 1.165) is 25.1 Å². The summed E-state index contributed by atoms with van der Waals surface area (Å²) in [4.78, 5) is 5.11. The first-order valence-electron chi connectivity index (χ1n) is 10.8. The van der Waals surface area contributed by atoms with Crippen LogP contribution in [0.25, 0.3) is 6.08 Å². The van der Waals surface area contributed by atoms with Crippen molar-refractivity contribution in [3.63, 3.8) is 0 Å². The molecule has 30 heavy (non-hydrogen) atoms. The van der Waals surface area contributed by atoms with Crippen molar-refractivity contribution in [2.45, 2.75) is 42.4 Å². The van der Waals surface area contributed by atoms with Crippen molar-refractivity contribution in [1.82, 2.24) is 0 Å². The van der Waals surface area contributed by atoms with E-state index in [1.54, 1.807) is 7.11 Å². The van der Waals surface area contributed by atoms with E-state index in [0.29, 0.717) is 0 Å². The predicted molar refractivity (Wildman–Crippen MR) is 127 cm³/mol. The van der Waals surface area contributed by atoms with Gasteiger partial charge in [0.1, 0.15) is 5.75 Å². The second-order valence-electron chi connectivity index (χ2n) is 8.06. The average molecular weight is 414 g/mol. The zero-order chi connectivity index (χ0) is 20.5. The van der Waals surface area contributed by atoms with Crippen molar-refractivity contribution in [1.29, 1.82) is 0 Å². The molecule has 5 rings (SSSR count). The van der Waals surface area contributed by atoms with Crippen LogP contribution >= 0.6 is 11.8 Å². The minimum Gasteiger partial charge on any atom is -0.496 e. The van der Waals surface area contributed by atoms with Crippen LogP contribution in [-0.2, 0) is 12.8 Å². The SMILES string of the molecule is CCCCN1c2ccccc2Sc2cc(C=C3Cc4ccccc4C3)c(OC)cc21. The second-order valence-corrected chi connectivity index (χ2v) is 9.15. The summed E-state index contributed by atoms with van der Waals surface area (Å²) < 4.78 is 5.86. The lowest BCUT2D eigenvalue weighted by Gasteiger charge is -2.33. The summed E-state index contributed by atoms with van der Waals surface area (Å²) in [5, 5.41) is 0. The van der Waals surface area contributed by atoms with Crippen LogP contribution in [0.3, 0.4) is 0 Å². The predicted octanol–water partition coefficient (Wildman–Crippen LogP) is 7.28. The number of ether oxygens (including phenoxy) is 1. The fourth-order valence-corrected chi connectivity index (χ4v) is 5.62. The Morgan fingerprint density at radius 1 is 0.933 bits per heavy atom.